The minimum atomic E-state index is 0.414. The summed E-state index contributed by atoms with van der Waals surface area (Å²) in [6.45, 7) is 1.99. The van der Waals surface area contributed by atoms with E-state index in [9.17, 15) is 0 Å². The van der Waals surface area contributed by atoms with Crippen molar-refractivity contribution in [2.24, 2.45) is 0 Å². The summed E-state index contributed by atoms with van der Waals surface area (Å²) in [6.07, 6.45) is 0. The van der Waals surface area contributed by atoms with Gasteiger partial charge in [-0.1, -0.05) is 11.6 Å². The first-order valence-electron chi connectivity index (χ1n) is 4.57. The molecule has 2 nitrogen and oxygen atoms in total. The fourth-order valence-corrected chi connectivity index (χ4v) is 4.39. The fraction of sp³-hybridized carbons (Fsp3) is 0.556. The number of thioether (sulfide) groups is 2. The Morgan fingerprint density at radius 1 is 1.40 bits per heavy atom. The third kappa shape index (κ3) is 2.92. The van der Waals surface area contributed by atoms with Crippen LogP contribution in [0.1, 0.15) is 16.8 Å². The van der Waals surface area contributed by atoms with Crippen molar-refractivity contribution in [3.8, 4) is 0 Å². The van der Waals surface area contributed by atoms with Gasteiger partial charge in [0.15, 0.2) is 0 Å². The molecule has 1 aromatic heterocycles. The molecule has 0 bridgehead atoms. The van der Waals surface area contributed by atoms with Gasteiger partial charge >= 0.3 is 0 Å². The highest BCUT2D eigenvalue weighted by atomic mass is 127. The van der Waals surface area contributed by atoms with Gasteiger partial charge in [0.1, 0.15) is 11.0 Å². The molecule has 1 aliphatic heterocycles. The molecule has 0 amide bonds. The summed E-state index contributed by atoms with van der Waals surface area (Å²) in [5.74, 6) is 4.41. The van der Waals surface area contributed by atoms with Gasteiger partial charge < -0.3 is 0 Å². The van der Waals surface area contributed by atoms with Crippen LogP contribution in [0.2, 0.25) is 5.15 Å². The standard InChI is InChI=1S/C9H10ClIN2S2/c1-5-7(11)8(10)13-9(12-5)6-4-14-2-3-15-6/h6H,2-4H2,1H3. The number of aromatic nitrogens is 2. The van der Waals surface area contributed by atoms with E-state index in [2.05, 4.69) is 32.6 Å². The van der Waals surface area contributed by atoms with Crippen LogP contribution in [-0.4, -0.2) is 27.2 Å². The van der Waals surface area contributed by atoms with Crippen molar-refractivity contribution in [1.29, 1.82) is 0 Å². The Kier molecular flexibility index (Phi) is 4.43. The fourth-order valence-electron chi connectivity index (χ4n) is 1.33. The van der Waals surface area contributed by atoms with Gasteiger partial charge in [-0.05, 0) is 29.5 Å². The van der Waals surface area contributed by atoms with Crippen LogP contribution in [-0.2, 0) is 0 Å². The lowest BCUT2D eigenvalue weighted by molar-refractivity contribution is 0.897. The first-order valence-corrected chi connectivity index (χ1v) is 8.23. The lowest BCUT2D eigenvalue weighted by Crippen LogP contribution is -2.11. The molecule has 6 heteroatoms. The lowest BCUT2D eigenvalue weighted by Gasteiger charge is -2.20. The molecule has 0 radical (unpaired) electrons. The van der Waals surface area contributed by atoms with Crippen molar-refractivity contribution < 1.29 is 0 Å². The molecule has 82 valence electrons. The first kappa shape index (κ1) is 12.3. The first-order chi connectivity index (χ1) is 7.18. The van der Waals surface area contributed by atoms with Crippen LogP contribution in [0.25, 0.3) is 0 Å². The van der Waals surface area contributed by atoms with E-state index < -0.39 is 0 Å². The average molecular weight is 373 g/mol. The lowest BCUT2D eigenvalue weighted by atomic mass is 10.4. The van der Waals surface area contributed by atoms with Crippen molar-refractivity contribution in [3.05, 3.63) is 20.2 Å². The average Bonchev–Trinajstić information content (AvgIpc) is 2.26. The van der Waals surface area contributed by atoms with Crippen molar-refractivity contribution in [2.45, 2.75) is 12.2 Å². The van der Waals surface area contributed by atoms with Crippen molar-refractivity contribution >= 4 is 57.7 Å². The van der Waals surface area contributed by atoms with Gasteiger partial charge in [0.25, 0.3) is 0 Å². The van der Waals surface area contributed by atoms with Gasteiger partial charge in [-0.2, -0.15) is 11.8 Å². The number of rotatable bonds is 1. The Bertz CT molecular complexity index is 346. The highest BCUT2D eigenvalue weighted by Gasteiger charge is 2.20. The molecule has 0 N–H and O–H groups in total. The van der Waals surface area contributed by atoms with E-state index in [4.69, 9.17) is 11.6 Å². The second-order valence-electron chi connectivity index (χ2n) is 3.21. The minimum Gasteiger partial charge on any atom is -0.236 e. The predicted octanol–water partition coefficient (Wildman–Crippen LogP) is 3.56. The summed E-state index contributed by atoms with van der Waals surface area (Å²) in [5.41, 5.74) is 0.988. The summed E-state index contributed by atoms with van der Waals surface area (Å²) in [6, 6.07) is 0. The zero-order valence-corrected chi connectivity index (χ0v) is 12.7. The van der Waals surface area contributed by atoms with Crippen LogP contribution in [0.5, 0.6) is 0 Å². The monoisotopic (exact) mass is 372 g/mol. The smallest absolute Gasteiger partial charge is 0.146 e. The largest absolute Gasteiger partial charge is 0.236 e. The molecular weight excluding hydrogens is 363 g/mol. The number of aryl methyl sites for hydroxylation is 1. The maximum Gasteiger partial charge on any atom is 0.146 e. The third-order valence-electron chi connectivity index (χ3n) is 2.10. The molecule has 2 rings (SSSR count). The summed E-state index contributed by atoms with van der Waals surface area (Å²) >= 11 is 12.2. The van der Waals surface area contributed by atoms with E-state index in [0.717, 1.165) is 20.8 Å². The van der Waals surface area contributed by atoms with E-state index in [-0.39, 0.29) is 0 Å². The number of halogens is 2. The molecule has 1 saturated heterocycles. The summed E-state index contributed by atoms with van der Waals surface area (Å²) in [4.78, 5) is 8.89. The number of hydrogen-bond acceptors (Lipinski definition) is 4. The van der Waals surface area contributed by atoms with Gasteiger partial charge in [0.2, 0.25) is 0 Å². The molecule has 1 atom stereocenters. The topological polar surface area (TPSA) is 25.8 Å². The molecule has 1 aliphatic rings. The van der Waals surface area contributed by atoms with Crippen molar-refractivity contribution in [3.63, 3.8) is 0 Å². The van der Waals surface area contributed by atoms with Crippen molar-refractivity contribution in [2.75, 3.05) is 17.3 Å². The summed E-state index contributed by atoms with van der Waals surface area (Å²) in [7, 11) is 0. The zero-order valence-electron chi connectivity index (χ0n) is 8.17. The maximum absolute atomic E-state index is 6.06. The quantitative estimate of drug-likeness (QED) is 0.556. The van der Waals surface area contributed by atoms with Crippen LogP contribution >= 0.6 is 57.7 Å². The van der Waals surface area contributed by atoms with Gasteiger partial charge in [-0.15, -0.1) is 11.8 Å². The SMILES string of the molecule is Cc1nc(C2CSCCS2)nc(Cl)c1I. The Hall–Kier alpha value is 0.800. The van der Waals surface area contributed by atoms with Gasteiger partial charge in [0, 0.05) is 17.3 Å². The predicted molar refractivity (Wildman–Crippen MR) is 77.0 cm³/mol. The molecule has 1 aromatic rings. The Morgan fingerprint density at radius 3 is 2.80 bits per heavy atom. The second-order valence-corrected chi connectivity index (χ2v) is 7.10. The van der Waals surface area contributed by atoms with E-state index in [1.165, 1.54) is 11.5 Å². The van der Waals surface area contributed by atoms with E-state index in [0.29, 0.717) is 10.4 Å². The highest BCUT2D eigenvalue weighted by molar-refractivity contribution is 14.1. The summed E-state index contributed by atoms with van der Waals surface area (Å²) < 4.78 is 0.964. The molecule has 2 heterocycles. The minimum absolute atomic E-state index is 0.414. The van der Waals surface area contributed by atoms with E-state index in [1.54, 1.807) is 0 Å². The van der Waals surface area contributed by atoms with Gasteiger partial charge in [-0.25, -0.2) is 9.97 Å². The van der Waals surface area contributed by atoms with E-state index in [1.807, 2.05) is 30.4 Å². The summed E-state index contributed by atoms with van der Waals surface area (Å²) in [5, 5.41) is 1.01. The molecule has 15 heavy (non-hydrogen) atoms. The maximum atomic E-state index is 6.06. The molecular formula is C9H10ClIN2S2. The molecule has 0 aromatic carbocycles. The van der Waals surface area contributed by atoms with Crippen LogP contribution in [0.15, 0.2) is 0 Å². The highest BCUT2D eigenvalue weighted by Crippen LogP contribution is 2.36. The molecule has 0 saturated carbocycles. The van der Waals surface area contributed by atoms with Crippen LogP contribution in [0.4, 0.5) is 0 Å². The van der Waals surface area contributed by atoms with Crippen molar-refractivity contribution in [1.82, 2.24) is 9.97 Å². The van der Waals surface area contributed by atoms with Crippen LogP contribution in [0.3, 0.4) is 0 Å². The molecule has 1 unspecified atom stereocenters. The van der Waals surface area contributed by atoms with Crippen LogP contribution < -0.4 is 0 Å². The Balaban J connectivity index is 2.27. The van der Waals surface area contributed by atoms with Gasteiger partial charge in [0.05, 0.1) is 14.5 Å². The zero-order chi connectivity index (χ0) is 10.8. The normalized spacial score (nSPS) is 21.7. The van der Waals surface area contributed by atoms with Crippen LogP contribution in [0, 0.1) is 10.5 Å². The molecule has 1 fully saturated rings. The number of hydrogen-bond donors (Lipinski definition) is 0. The van der Waals surface area contributed by atoms with E-state index >= 15 is 0 Å². The Morgan fingerprint density at radius 2 is 2.20 bits per heavy atom. The Labute approximate surface area is 117 Å². The second kappa shape index (κ2) is 5.42. The third-order valence-corrected chi connectivity index (χ3v) is 6.73. The van der Waals surface area contributed by atoms with Gasteiger partial charge in [-0.3, -0.25) is 0 Å². The molecule has 0 spiro atoms. The number of nitrogens with zero attached hydrogens (tertiary/aromatic N) is 2. The molecule has 0 aliphatic carbocycles.